The monoisotopic (exact) mass is 409 g/mol. The Morgan fingerprint density at radius 3 is 2.63 bits per heavy atom. The number of nitrogens with zero attached hydrogens (tertiary/aromatic N) is 3. The minimum atomic E-state index is -0.685. The van der Waals surface area contributed by atoms with Gasteiger partial charge >= 0.3 is 5.69 Å². The molecule has 0 saturated carbocycles. The van der Waals surface area contributed by atoms with Crippen LogP contribution in [0.15, 0.2) is 23.0 Å². The zero-order valence-corrected chi connectivity index (χ0v) is 17.4. The molecule has 1 unspecified atom stereocenters. The molecule has 4 rings (SSSR count). The molecular formula is C22H27N5O3. The third-order valence-corrected chi connectivity index (χ3v) is 6.15. The number of carbonyl (C=O) groups is 2. The van der Waals surface area contributed by atoms with Crippen LogP contribution in [0.5, 0.6) is 0 Å². The van der Waals surface area contributed by atoms with Crippen LogP contribution in [0.25, 0.3) is 11.0 Å². The zero-order chi connectivity index (χ0) is 21.3. The van der Waals surface area contributed by atoms with Gasteiger partial charge in [0.1, 0.15) is 6.04 Å². The number of piperidine rings is 2. The lowest BCUT2D eigenvalue weighted by molar-refractivity contribution is -0.135. The normalized spacial score (nSPS) is 20.8. The quantitative estimate of drug-likeness (QED) is 0.564. The van der Waals surface area contributed by atoms with Gasteiger partial charge in [-0.25, -0.2) is 4.79 Å². The highest BCUT2D eigenvalue weighted by atomic mass is 16.2. The Balaban J connectivity index is 1.62. The van der Waals surface area contributed by atoms with Crippen molar-refractivity contribution >= 4 is 22.8 Å². The van der Waals surface area contributed by atoms with Crippen molar-refractivity contribution in [1.82, 2.24) is 24.7 Å². The van der Waals surface area contributed by atoms with Crippen molar-refractivity contribution in [3.63, 3.8) is 0 Å². The molecule has 0 bridgehead atoms. The molecule has 2 N–H and O–H groups in total. The van der Waals surface area contributed by atoms with Gasteiger partial charge in [0.15, 0.2) is 0 Å². The molecule has 2 aromatic rings. The number of carbonyl (C=O) groups excluding carboxylic acids is 2. The molecule has 0 radical (unpaired) electrons. The van der Waals surface area contributed by atoms with Gasteiger partial charge in [0.05, 0.1) is 23.1 Å². The van der Waals surface area contributed by atoms with Crippen LogP contribution in [0.3, 0.4) is 0 Å². The maximum absolute atomic E-state index is 12.9. The van der Waals surface area contributed by atoms with Crippen molar-refractivity contribution < 1.29 is 9.59 Å². The predicted octanol–water partition coefficient (Wildman–Crippen LogP) is 0.353. The van der Waals surface area contributed by atoms with Crippen LogP contribution >= 0.6 is 0 Å². The molecule has 30 heavy (non-hydrogen) atoms. The summed E-state index contributed by atoms with van der Waals surface area (Å²) in [6.07, 6.45) is 2.79. The molecule has 1 atom stereocenters. The number of hydrogen-bond donors (Lipinski definition) is 2. The average molecular weight is 409 g/mol. The second kappa shape index (κ2) is 8.46. The number of imide groups is 1. The van der Waals surface area contributed by atoms with Crippen molar-refractivity contribution in [2.75, 3.05) is 26.7 Å². The number of likely N-dealkylation sites (tertiary alicyclic amines) is 1. The Hall–Kier alpha value is -2.89. The van der Waals surface area contributed by atoms with Crippen molar-refractivity contribution in [3.8, 4) is 11.8 Å². The van der Waals surface area contributed by atoms with Crippen molar-refractivity contribution in [2.45, 2.75) is 37.8 Å². The van der Waals surface area contributed by atoms with E-state index in [4.69, 9.17) is 0 Å². The number of imidazole rings is 1. The van der Waals surface area contributed by atoms with Crippen LogP contribution in [-0.2, 0) is 16.6 Å². The molecule has 2 aliphatic heterocycles. The first-order valence-electron chi connectivity index (χ1n) is 10.4. The number of rotatable bonds is 3. The number of para-hydroxylation sites is 1. The molecule has 158 valence electrons. The lowest BCUT2D eigenvalue weighted by Gasteiger charge is -2.30. The molecular weight excluding hydrogens is 382 g/mol. The summed E-state index contributed by atoms with van der Waals surface area (Å²) < 4.78 is 3.03. The topological polar surface area (TPSA) is 88.4 Å². The van der Waals surface area contributed by atoms with Gasteiger partial charge in [-0.1, -0.05) is 17.9 Å². The highest BCUT2D eigenvalue weighted by Gasteiger charge is 2.31. The molecule has 3 heterocycles. The van der Waals surface area contributed by atoms with Crippen LogP contribution in [0.4, 0.5) is 0 Å². The Morgan fingerprint density at radius 2 is 1.93 bits per heavy atom. The van der Waals surface area contributed by atoms with E-state index in [1.807, 2.05) is 25.2 Å². The van der Waals surface area contributed by atoms with Gasteiger partial charge in [0, 0.05) is 32.6 Å². The number of hydrogen-bond acceptors (Lipinski definition) is 5. The molecule has 0 spiro atoms. The van der Waals surface area contributed by atoms with E-state index in [0.717, 1.165) is 31.5 Å². The van der Waals surface area contributed by atoms with Gasteiger partial charge in [0.2, 0.25) is 11.8 Å². The number of amides is 2. The standard InChI is InChI=1S/C22H27N5O3/c1-23-16-10-13-26(14-11-16)12-4-6-15-5-3-7-17-20(15)25(2)22(30)27(17)18-8-9-19(28)24-21(18)29/h3,5,7,16,18,23H,8-14H2,1-2H3,(H,24,28,29). The van der Waals surface area contributed by atoms with Gasteiger partial charge in [0.25, 0.3) is 0 Å². The number of benzene rings is 1. The fraction of sp³-hybridized carbons (Fsp3) is 0.500. The van der Waals surface area contributed by atoms with Gasteiger partial charge in [-0.05, 0) is 38.4 Å². The smallest absolute Gasteiger partial charge is 0.317 e. The first-order chi connectivity index (χ1) is 14.5. The summed E-state index contributed by atoms with van der Waals surface area (Å²) in [5, 5.41) is 5.67. The second-order valence-electron chi connectivity index (χ2n) is 7.99. The van der Waals surface area contributed by atoms with E-state index in [2.05, 4.69) is 27.4 Å². The average Bonchev–Trinajstić information content (AvgIpc) is 3.00. The number of nitrogens with one attached hydrogen (secondary N) is 2. The first kappa shape index (κ1) is 20.4. The first-order valence-corrected chi connectivity index (χ1v) is 10.4. The van der Waals surface area contributed by atoms with Crippen LogP contribution in [0.2, 0.25) is 0 Å². The van der Waals surface area contributed by atoms with Gasteiger partial charge < -0.3 is 5.32 Å². The molecule has 1 aromatic carbocycles. The Kier molecular flexibility index (Phi) is 5.75. The SMILES string of the molecule is CNC1CCN(CC#Cc2cccc3c2n(C)c(=O)n3C2CCC(=O)NC2=O)CC1. The Morgan fingerprint density at radius 1 is 1.17 bits per heavy atom. The third-order valence-electron chi connectivity index (χ3n) is 6.15. The molecule has 2 fully saturated rings. The Labute approximate surface area is 175 Å². The molecule has 1 aromatic heterocycles. The minimum absolute atomic E-state index is 0.225. The van der Waals surface area contributed by atoms with E-state index in [9.17, 15) is 14.4 Å². The van der Waals surface area contributed by atoms with Crippen LogP contribution < -0.4 is 16.3 Å². The minimum Gasteiger partial charge on any atom is -0.317 e. The maximum Gasteiger partial charge on any atom is 0.329 e. The summed E-state index contributed by atoms with van der Waals surface area (Å²) in [6, 6.07) is 5.48. The van der Waals surface area contributed by atoms with E-state index in [-0.39, 0.29) is 18.0 Å². The summed E-state index contributed by atoms with van der Waals surface area (Å²) >= 11 is 0. The van der Waals surface area contributed by atoms with Crippen LogP contribution in [0, 0.1) is 11.8 Å². The van der Waals surface area contributed by atoms with Crippen molar-refractivity contribution in [1.29, 1.82) is 0 Å². The summed E-state index contributed by atoms with van der Waals surface area (Å²) in [5.74, 6) is 5.76. The van der Waals surface area contributed by atoms with E-state index in [1.54, 1.807) is 11.6 Å². The molecule has 8 heteroatoms. The van der Waals surface area contributed by atoms with Crippen LogP contribution in [-0.4, -0.2) is 58.6 Å². The highest BCUT2D eigenvalue weighted by molar-refractivity contribution is 6.00. The van der Waals surface area contributed by atoms with E-state index < -0.39 is 11.9 Å². The van der Waals surface area contributed by atoms with E-state index in [1.165, 1.54) is 4.57 Å². The number of aromatic nitrogens is 2. The maximum atomic E-state index is 12.9. The predicted molar refractivity (Wildman–Crippen MR) is 114 cm³/mol. The van der Waals surface area contributed by atoms with E-state index in [0.29, 0.717) is 30.0 Å². The second-order valence-corrected chi connectivity index (χ2v) is 7.99. The summed E-state index contributed by atoms with van der Waals surface area (Å²) in [5.41, 5.74) is 1.87. The Bertz CT molecular complexity index is 1100. The highest BCUT2D eigenvalue weighted by Crippen LogP contribution is 2.24. The molecule has 2 saturated heterocycles. The molecule has 0 aliphatic carbocycles. The molecule has 8 nitrogen and oxygen atoms in total. The van der Waals surface area contributed by atoms with Crippen molar-refractivity contribution in [2.24, 2.45) is 7.05 Å². The number of aryl methyl sites for hydroxylation is 1. The largest absolute Gasteiger partial charge is 0.329 e. The van der Waals surface area contributed by atoms with E-state index >= 15 is 0 Å². The molecule has 2 amide bonds. The fourth-order valence-corrected chi connectivity index (χ4v) is 4.40. The number of fused-ring (bicyclic) bond motifs is 1. The van der Waals surface area contributed by atoms with Gasteiger partial charge in [-0.2, -0.15) is 0 Å². The fourth-order valence-electron chi connectivity index (χ4n) is 4.40. The molecule has 2 aliphatic rings. The summed E-state index contributed by atoms with van der Waals surface area (Å²) in [6.45, 7) is 2.73. The summed E-state index contributed by atoms with van der Waals surface area (Å²) in [7, 11) is 3.70. The van der Waals surface area contributed by atoms with Crippen molar-refractivity contribution in [3.05, 3.63) is 34.2 Å². The van der Waals surface area contributed by atoms with Gasteiger partial charge in [-0.3, -0.25) is 28.9 Å². The summed E-state index contributed by atoms with van der Waals surface area (Å²) in [4.78, 5) is 39.1. The van der Waals surface area contributed by atoms with Gasteiger partial charge in [-0.15, -0.1) is 0 Å². The lowest BCUT2D eigenvalue weighted by Crippen LogP contribution is -2.44. The lowest BCUT2D eigenvalue weighted by atomic mass is 10.1. The zero-order valence-electron chi connectivity index (χ0n) is 17.4. The third kappa shape index (κ3) is 3.78. The van der Waals surface area contributed by atoms with Crippen LogP contribution in [0.1, 0.15) is 37.3 Å².